The van der Waals surface area contributed by atoms with Crippen LogP contribution in [0.15, 0.2) is 70.3 Å². The Labute approximate surface area is 199 Å². The maximum atomic E-state index is 13.3. The number of carbonyl (C=O) groups is 1. The van der Waals surface area contributed by atoms with E-state index >= 15 is 0 Å². The van der Waals surface area contributed by atoms with E-state index in [1.54, 1.807) is 0 Å². The fourth-order valence-electron chi connectivity index (χ4n) is 3.71. The minimum atomic E-state index is -0.667. The van der Waals surface area contributed by atoms with Gasteiger partial charge in [0.25, 0.3) is 5.56 Å². The number of benzene rings is 2. The molecule has 34 heavy (non-hydrogen) atoms. The van der Waals surface area contributed by atoms with Gasteiger partial charge in [0, 0.05) is 12.6 Å². The number of aromatic amines is 1. The van der Waals surface area contributed by atoms with Crippen molar-refractivity contribution in [1.82, 2.24) is 14.9 Å². The number of amides is 1. The van der Waals surface area contributed by atoms with Crippen LogP contribution in [-0.2, 0) is 11.3 Å². The van der Waals surface area contributed by atoms with Crippen molar-refractivity contribution < 1.29 is 4.79 Å². The number of nitrogens with one attached hydrogen (secondary N) is 2. The van der Waals surface area contributed by atoms with Gasteiger partial charge >= 0.3 is 5.69 Å². The van der Waals surface area contributed by atoms with Crippen LogP contribution in [0, 0.1) is 5.92 Å². The minimum absolute atomic E-state index is 0.00958. The third kappa shape index (κ3) is 6.23. The number of aromatic nitrogens is 2. The molecule has 0 radical (unpaired) electrons. The second-order valence-electron chi connectivity index (χ2n) is 8.81. The van der Waals surface area contributed by atoms with Crippen LogP contribution in [0.5, 0.6) is 0 Å². The van der Waals surface area contributed by atoms with Gasteiger partial charge in [-0.2, -0.15) is 0 Å². The van der Waals surface area contributed by atoms with E-state index in [9.17, 15) is 14.4 Å². The maximum Gasteiger partial charge on any atom is 0.330 e. The fourth-order valence-corrected chi connectivity index (χ4v) is 3.71. The van der Waals surface area contributed by atoms with E-state index in [2.05, 4.69) is 10.3 Å². The van der Waals surface area contributed by atoms with Gasteiger partial charge in [-0.05, 0) is 30.4 Å². The van der Waals surface area contributed by atoms with Crippen LogP contribution < -0.4 is 27.2 Å². The standard InChI is InChI=1S/C26H33N5O3/c1-18(2)14-15-30(22(32)16-28-19(3)21-12-8-5-9-13-21)23-24(27)31(26(34)29-25(23)33)17-20-10-6-4-7-11-20/h4-13,18-19,28H,14-17,27H2,1-3H3,(H,29,33,34)/t19-/m1/s1. The molecule has 1 aromatic heterocycles. The van der Waals surface area contributed by atoms with E-state index < -0.39 is 11.2 Å². The van der Waals surface area contributed by atoms with Gasteiger partial charge in [0.1, 0.15) is 5.82 Å². The summed E-state index contributed by atoms with van der Waals surface area (Å²) >= 11 is 0. The van der Waals surface area contributed by atoms with Gasteiger partial charge in [0.2, 0.25) is 5.91 Å². The second-order valence-corrected chi connectivity index (χ2v) is 8.81. The molecular weight excluding hydrogens is 430 g/mol. The smallest absolute Gasteiger partial charge is 0.330 e. The van der Waals surface area contributed by atoms with E-state index in [1.807, 2.05) is 81.4 Å². The van der Waals surface area contributed by atoms with Gasteiger partial charge in [-0.25, -0.2) is 4.79 Å². The molecular formula is C26H33N5O3. The van der Waals surface area contributed by atoms with E-state index in [0.717, 1.165) is 11.1 Å². The summed E-state index contributed by atoms with van der Waals surface area (Å²) < 4.78 is 1.29. The van der Waals surface area contributed by atoms with Crippen LogP contribution in [0.1, 0.15) is 44.4 Å². The summed E-state index contributed by atoms with van der Waals surface area (Å²) in [5, 5.41) is 3.23. The van der Waals surface area contributed by atoms with Gasteiger partial charge in [-0.15, -0.1) is 0 Å². The normalized spacial score (nSPS) is 12.0. The first-order valence-electron chi connectivity index (χ1n) is 11.5. The Hall–Kier alpha value is -3.65. The molecule has 3 rings (SSSR count). The quantitative estimate of drug-likeness (QED) is 0.428. The molecule has 1 amide bonds. The molecule has 0 aliphatic heterocycles. The van der Waals surface area contributed by atoms with Crippen molar-refractivity contribution in [3.8, 4) is 0 Å². The van der Waals surface area contributed by atoms with E-state index in [4.69, 9.17) is 5.73 Å². The summed E-state index contributed by atoms with van der Waals surface area (Å²) in [6.07, 6.45) is 0.677. The lowest BCUT2D eigenvalue weighted by molar-refractivity contribution is -0.118. The van der Waals surface area contributed by atoms with Crippen LogP contribution in [-0.4, -0.2) is 28.5 Å². The Morgan fingerprint density at radius 1 is 1.03 bits per heavy atom. The number of rotatable bonds is 10. The van der Waals surface area contributed by atoms with Crippen LogP contribution in [0.3, 0.4) is 0 Å². The summed E-state index contributed by atoms with van der Waals surface area (Å²) in [7, 11) is 0. The Bertz CT molecular complexity index is 1200. The molecule has 0 bridgehead atoms. The highest BCUT2D eigenvalue weighted by Crippen LogP contribution is 2.20. The minimum Gasteiger partial charge on any atom is -0.383 e. The van der Waals surface area contributed by atoms with Crippen LogP contribution in [0.2, 0.25) is 0 Å². The van der Waals surface area contributed by atoms with Gasteiger partial charge < -0.3 is 16.0 Å². The first-order valence-corrected chi connectivity index (χ1v) is 11.5. The molecule has 0 saturated heterocycles. The molecule has 0 unspecified atom stereocenters. The summed E-state index contributed by atoms with van der Waals surface area (Å²) in [5.41, 5.74) is 7.00. The first kappa shape index (κ1) is 25.0. The third-order valence-electron chi connectivity index (χ3n) is 5.76. The summed E-state index contributed by atoms with van der Waals surface area (Å²) in [6.45, 7) is 6.58. The van der Waals surface area contributed by atoms with Crippen LogP contribution in [0.25, 0.3) is 0 Å². The number of H-pyrrole nitrogens is 1. The van der Waals surface area contributed by atoms with Crippen molar-refractivity contribution in [3.63, 3.8) is 0 Å². The number of nitrogen functional groups attached to an aromatic ring is 1. The Kier molecular flexibility index (Phi) is 8.43. The topological polar surface area (TPSA) is 113 Å². The second kappa shape index (κ2) is 11.5. The molecule has 2 aromatic carbocycles. The van der Waals surface area contributed by atoms with Crippen molar-refractivity contribution in [1.29, 1.82) is 0 Å². The van der Waals surface area contributed by atoms with Crippen molar-refractivity contribution in [3.05, 3.63) is 92.6 Å². The molecule has 0 aliphatic carbocycles. The summed E-state index contributed by atoms with van der Waals surface area (Å²) in [6, 6.07) is 19.1. The molecule has 0 saturated carbocycles. The third-order valence-corrected chi connectivity index (χ3v) is 5.76. The number of hydrogen-bond donors (Lipinski definition) is 3. The highest BCUT2D eigenvalue weighted by Gasteiger charge is 2.24. The first-order chi connectivity index (χ1) is 16.3. The molecule has 8 nitrogen and oxygen atoms in total. The van der Waals surface area contributed by atoms with Gasteiger partial charge in [0.15, 0.2) is 5.69 Å². The van der Waals surface area contributed by atoms with E-state index in [0.29, 0.717) is 18.9 Å². The zero-order valence-corrected chi connectivity index (χ0v) is 20.0. The lowest BCUT2D eigenvalue weighted by Crippen LogP contribution is -2.45. The molecule has 8 heteroatoms. The van der Waals surface area contributed by atoms with E-state index in [-0.39, 0.29) is 36.5 Å². The number of anilines is 2. The fraction of sp³-hybridized carbons (Fsp3) is 0.346. The van der Waals surface area contributed by atoms with Crippen molar-refractivity contribution in [2.45, 2.75) is 39.8 Å². The Morgan fingerprint density at radius 3 is 2.26 bits per heavy atom. The zero-order valence-electron chi connectivity index (χ0n) is 20.0. The van der Waals surface area contributed by atoms with Crippen molar-refractivity contribution in [2.75, 3.05) is 23.7 Å². The average Bonchev–Trinajstić information content (AvgIpc) is 2.83. The number of nitrogens with two attached hydrogens (primary N) is 1. The molecule has 180 valence electrons. The number of carbonyl (C=O) groups excluding carboxylic acids is 1. The summed E-state index contributed by atoms with van der Waals surface area (Å²) in [5.74, 6) is -0.00149. The lowest BCUT2D eigenvalue weighted by Gasteiger charge is -2.26. The van der Waals surface area contributed by atoms with Gasteiger partial charge in [0.05, 0.1) is 13.1 Å². The molecule has 0 fully saturated rings. The predicted octanol–water partition coefficient (Wildman–Crippen LogP) is 2.90. The van der Waals surface area contributed by atoms with Crippen molar-refractivity contribution >= 4 is 17.4 Å². The maximum absolute atomic E-state index is 13.3. The van der Waals surface area contributed by atoms with Gasteiger partial charge in [-0.1, -0.05) is 74.5 Å². The molecule has 0 aliphatic rings. The number of nitrogens with zero attached hydrogens (tertiary/aromatic N) is 2. The Balaban J connectivity index is 1.91. The SMILES string of the molecule is CC(C)CCN(C(=O)CN[C@H](C)c1ccccc1)c1c(N)n(Cc2ccccc2)c(=O)[nH]c1=O. The molecule has 4 N–H and O–H groups in total. The number of hydrogen-bond acceptors (Lipinski definition) is 5. The predicted molar refractivity (Wildman–Crippen MR) is 136 cm³/mol. The molecule has 1 atom stereocenters. The monoisotopic (exact) mass is 463 g/mol. The zero-order chi connectivity index (χ0) is 24.7. The van der Waals surface area contributed by atoms with Crippen molar-refractivity contribution in [2.24, 2.45) is 5.92 Å². The molecule has 3 aromatic rings. The highest BCUT2D eigenvalue weighted by atomic mass is 16.2. The van der Waals surface area contributed by atoms with Crippen LogP contribution in [0.4, 0.5) is 11.5 Å². The summed E-state index contributed by atoms with van der Waals surface area (Å²) in [4.78, 5) is 42.5. The van der Waals surface area contributed by atoms with Gasteiger partial charge in [-0.3, -0.25) is 19.1 Å². The lowest BCUT2D eigenvalue weighted by atomic mass is 10.1. The largest absolute Gasteiger partial charge is 0.383 e. The molecule has 1 heterocycles. The molecule has 0 spiro atoms. The highest BCUT2D eigenvalue weighted by molar-refractivity contribution is 5.96. The Morgan fingerprint density at radius 2 is 1.65 bits per heavy atom. The van der Waals surface area contributed by atoms with E-state index in [1.165, 1.54) is 9.47 Å². The average molecular weight is 464 g/mol. The van der Waals surface area contributed by atoms with Crippen LogP contribution >= 0.6 is 0 Å².